The molecular formula is C52H100O6. The van der Waals surface area contributed by atoms with Crippen LogP contribution in [0.15, 0.2) is 0 Å². The summed E-state index contributed by atoms with van der Waals surface area (Å²) >= 11 is 0. The minimum absolute atomic E-state index is 0.0622. The van der Waals surface area contributed by atoms with Crippen LogP contribution in [-0.2, 0) is 28.6 Å². The normalized spacial score (nSPS) is 11.8. The van der Waals surface area contributed by atoms with Crippen molar-refractivity contribution in [2.24, 2.45) is 0 Å². The van der Waals surface area contributed by atoms with Crippen molar-refractivity contribution in [3.63, 3.8) is 0 Å². The first-order valence-corrected chi connectivity index (χ1v) is 26.0. The number of esters is 3. The first kappa shape index (κ1) is 56.4. The van der Waals surface area contributed by atoms with E-state index in [1.165, 1.54) is 199 Å². The first-order chi connectivity index (χ1) is 28.5. The molecule has 0 saturated heterocycles. The molecule has 0 aromatic heterocycles. The third-order valence-electron chi connectivity index (χ3n) is 11.9. The summed E-state index contributed by atoms with van der Waals surface area (Å²) in [5.41, 5.74) is 0. The van der Waals surface area contributed by atoms with Gasteiger partial charge in [-0.3, -0.25) is 14.4 Å². The Hall–Kier alpha value is -1.59. The Kier molecular flexibility index (Phi) is 46.8. The van der Waals surface area contributed by atoms with Gasteiger partial charge in [0.05, 0.1) is 0 Å². The molecule has 0 heterocycles. The van der Waals surface area contributed by atoms with Crippen molar-refractivity contribution >= 4 is 17.9 Å². The highest BCUT2D eigenvalue weighted by molar-refractivity contribution is 5.71. The number of ether oxygens (including phenoxy) is 3. The second-order valence-electron chi connectivity index (χ2n) is 17.8. The minimum Gasteiger partial charge on any atom is -0.462 e. The second-order valence-corrected chi connectivity index (χ2v) is 17.8. The van der Waals surface area contributed by atoms with E-state index in [0.717, 1.165) is 57.8 Å². The molecule has 0 aliphatic carbocycles. The lowest BCUT2D eigenvalue weighted by Gasteiger charge is -2.18. The molecule has 1 unspecified atom stereocenters. The molecule has 344 valence electrons. The van der Waals surface area contributed by atoms with Gasteiger partial charge in [0, 0.05) is 19.3 Å². The van der Waals surface area contributed by atoms with Crippen molar-refractivity contribution in [2.45, 2.75) is 303 Å². The molecule has 0 fully saturated rings. The molecule has 0 rings (SSSR count). The van der Waals surface area contributed by atoms with Crippen LogP contribution in [0, 0.1) is 0 Å². The SMILES string of the molecule is CCCCCCCCCCCCCCCCCCCCCCC(=O)OCC(COC(=O)CCCCCCCCCCCC)OC(=O)CCCCCCCCCCCC. The van der Waals surface area contributed by atoms with Crippen LogP contribution in [-0.4, -0.2) is 37.2 Å². The zero-order valence-electron chi connectivity index (χ0n) is 39.3. The van der Waals surface area contributed by atoms with E-state index < -0.39 is 6.10 Å². The van der Waals surface area contributed by atoms with Gasteiger partial charge in [0.2, 0.25) is 0 Å². The fraction of sp³-hybridized carbons (Fsp3) is 0.942. The lowest BCUT2D eigenvalue weighted by atomic mass is 10.0. The molecule has 0 aromatic carbocycles. The van der Waals surface area contributed by atoms with Crippen LogP contribution in [0.4, 0.5) is 0 Å². The zero-order chi connectivity index (χ0) is 42.3. The lowest BCUT2D eigenvalue weighted by Crippen LogP contribution is -2.30. The van der Waals surface area contributed by atoms with Crippen molar-refractivity contribution in [3.05, 3.63) is 0 Å². The Balaban J connectivity index is 4.17. The third-order valence-corrected chi connectivity index (χ3v) is 11.9. The van der Waals surface area contributed by atoms with Crippen LogP contribution < -0.4 is 0 Å². The van der Waals surface area contributed by atoms with Crippen LogP contribution in [0.1, 0.15) is 297 Å². The number of carbonyl (C=O) groups is 3. The maximum atomic E-state index is 12.7. The molecule has 1 atom stereocenters. The summed E-state index contributed by atoms with van der Waals surface area (Å²) in [6.45, 7) is 6.66. The highest BCUT2D eigenvalue weighted by atomic mass is 16.6. The van der Waals surface area contributed by atoms with Crippen molar-refractivity contribution in [1.29, 1.82) is 0 Å². The molecule has 6 heteroatoms. The average Bonchev–Trinajstić information content (AvgIpc) is 3.22. The summed E-state index contributed by atoms with van der Waals surface area (Å²) in [5, 5.41) is 0. The molecule has 0 saturated carbocycles. The predicted molar refractivity (Wildman–Crippen MR) is 247 cm³/mol. The minimum atomic E-state index is -0.758. The van der Waals surface area contributed by atoms with E-state index in [9.17, 15) is 14.4 Å². The Labute approximate surface area is 361 Å². The van der Waals surface area contributed by atoms with Gasteiger partial charge >= 0.3 is 17.9 Å². The van der Waals surface area contributed by atoms with Gasteiger partial charge in [-0.05, 0) is 19.3 Å². The van der Waals surface area contributed by atoms with E-state index in [0.29, 0.717) is 19.3 Å². The third kappa shape index (κ3) is 45.5. The van der Waals surface area contributed by atoms with Crippen LogP contribution in [0.5, 0.6) is 0 Å². The van der Waals surface area contributed by atoms with E-state index in [4.69, 9.17) is 14.2 Å². The van der Waals surface area contributed by atoms with Gasteiger partial charge in [0.25, 0.3) is 0 Å². The molecule has 58 heavy (non-hydrogen) atoms. The lowest BCUT2D eigenvalue weighted by molar-refractivity contribution is -0.167. The number of carbonyl (C=O) groups excluding carboxylic acids is 3. The van der Waals surface area contributed by atoms with Gasteiger partial charge in [-0.25, -0.2) is 0 Å². The summed E-state index contributed by atoms with van der Waals surface area (Å²) in [6, 6.07) is 0. The number of hydrogen-bond acceptors (Lipinski definition) is 6. The van der Waals surface area contributed by atoms with Crippen LogP contribution in [0.25, 0.3) is 0 Å². The zero-order valence-corrected chi connectivity index (χ0v) is 39.3. The van der Waals surface area contributed by atoms with Gasteiger partial charge in [0.15, 0.2) is 6.10 Å². The van der Waals surface area contributed by atoms with Gasteiger partial charge in [-0.1, -0.05) is 258 Å². The van der Waals surface area contributed by atoms with Crippen LogP contribution >= 0.6 is 0 Å². The average molecular weight is 821 g/mol. The molecular weight excluding hydrogens is 721 g/mol. The molecule has 0 radical (unpaired) electrons. The quantitative estimate of drug-likeness (QED) is 0.0346. The van der Waals surface area contributed by atoms with E-state index in [2.05, 4.69) is 20.8 Å². The molecule has 6 nitrogen and oxygen atoms in total. The largest absolute Gasteiger partial charge is 0.462 e. The molecule has 0 bridgehead atoms. The fourth-order valence-corrected chi connectivity index (χ4v) is 7.92. The molecule has 0 spiro atoms. The van der Waals surface area contributed by atoms with Crippen molar-refractivity contribution in [1.82, 2.24) is 0 Å². The van der Waals surface area contributed by atoms with Crippen LogP contribution in [0.2, 0.25) is 0 Å². The molecule has 0 amide bonds. The Bertz CT molecular complexity index is 859. The van der Waals surface area contributed by atoms with Gasteiger partial charge in [-0.2, -0.15) is 0 Å². The summed E-state index contributed by atoms with van der Waals surface area (Å²) in [6.07, 6.45) is 51.0. The monoisotopic (exact) mass is 821 g/mol. The summed E-state index contributed by atoms with van der Waals surface area (Å²) in [7, 11) is 0. The number of unbranched alkanes of at least 4 members (excludes halogenated alkanes) is 37. The Morgan fingerprint density at radius 1 is 0.276 bits per heavy atom. The Morgan fingerprint density at radius 3 is 0.690 bits per heavy atom. The smallest absolute Gasteiger partial charge is 0.306 e. The maximum absolute atomic E-state index is 12.7. The molecule has 0 N–H and O–H groups in total. The van der Waals surface area contributed by atoms with Crippen molar-refractivity contribution < 1.29 is 28.6 Å². The van der Waals surface area contributed by atoms with E-state index in [-0.39, 0.29) is 31.1 Å². The van der Waals surface area contributed by atoms with Crippen molar-refractivity contribution in [2.75, 3.05) is 13.2 Å². The number of rotatable bonds is 48. The highest BCUT2D eigenvalue weighted by Crippen LogP contribution is 2.17. The summed E-state index contributed by atoms with van der Waals surface area (Å²) in [4.78, 5) is 37.8. The standard InChI is InChI=1S/C52H100O6/c1-4-7-10-13-16-19-22-23-24-25-26-27-28-29-30-31-34-36-39-42-45-51(54)57-48-49(58-52(55)46-43-40-37-33-21-18-15-12-9-6-3)47-56-50(53)44-41-38-35-32-20-17-14-11-8-5-2/h49H,4-48H2,1-3H3. The van der Waals surface area contributed by atoms with Gasteiger partial charge in [0.1, 0.15) is 13.2 Å². The Morgan fingerprint density at radius 2 is 0.466 bits per heavy atom. The summed E-state index contributed by atoms with van der Waals surface area (Å²) in [5.74, 6) is -0.846. The fourth-order valence-electron chi connectivity index (χ4n) is 7.92. The predicted octanol–water partition coefficient (Wildman–Crippen LogP) is 16.8. The molecule has 0 aromatic rings. The van der Waals surface area contributed by atoms with Gasteiger partial charge < -0.3 is 14.2 Å². The molecule has 0 aliphatic rings. The van der Waals surface area contributed by atoms with Gasteiger partial charge in [-0.15, -0.1) is 0 Å². The van der Waals surface area contributed by atoms with E-state index in [1.54, 1.807) is 0 Å². The first-order valence-electron chi connectivity index (χ1n) is 26.0. The summed E-state index contributed by atoms with van der Waals surface area (Å²) < 4.78 is 16.8. The maximum Gasteiger partial charge on any atom is 0.306 e. The van der Waals surface area contributed by atoms with E-state index >= 15 is 0 Å². The van der Waals surface area contributed by atoms with E-state index in [1.807, 2.05) is 0 Å². The number of hydrogen-bond donors (Lipinski definition) is 0. The van der Waals surface area contributed by atoms with Crippen molar-refractivity contribution in [3.8, 4) is 0 Å². The molecule has 0 aliphatic heterocycles. The second kappa shape index (κ2) is 48.1. The highest BCUT2D eigenvalue weighted by Gasteiger charge is 2.19. The van der Waals surface area contributed by atoms with Crippen LogP contribution in [0.3, 0.4) is 0 Å². The topological polar surface area (TPSA) is 78.9 Å².